The Kier molecular flexibility index (Phi) is 5.21. The monoisotopic (exact) mass is 333 g/mol. The molecular weight excluding hydrogens is 314 g/mol. The molecule has 0 aliphatic rings. The summed E-state index contributed by atoms with van der Waals surface area (Å²) >= 11 is 0. The van der Waals surface area contributed by atoms with Crippen molar-refractivity contribution in [3.8, 4) is 5.75 Å². The second-order valence-corrected chi connectivity index (χ2v) is 5.49. The van der Waals surface area contributed by atoms with Crippen molar-refractivity contribution in [2.75, 3.05) is 10.7 Å². The van der Waals surface area contributed by atoms with Gasteiger partial charge in [-0.2, -0.15) is 10.1 Å². The van der Waals surface area contributed by atoms with E-state index < -0.39 is 0 Å². The molecule has 0 amide bonds. The average molecular weight is 333 g/mol. The lowest BCUT2D eigenvalue weighted by molar-refractivity contribution is 0.474. The van der Waals surface area contributed by atoms with E-state index in [0.29, 0.717) is 23.9 Å². The molecular formula is C19H19N5O. The summed E-state index contributed by atoms with van der Waals surface area (Å²) in [7, 11) is 0. The van der Waals surface area contributed by atoms with E-state index in [1.165, 1.54) is 0 Å². The predicted molar refractivity (Wildman–Crippen MR) is 99.9 cm³/mol. The molecule has 0 atom stereocenters. The molecule has 25 heavy (non-hydrogen) atoms. The van der Waals surface area contributed by atoms with E-state index in [9.17, 15) is 5.11 Å². The molecule has 1 heterocycles. The van der Waals surface area contributed by atoms with Gasteiger partial charge in [0.15, 0.2) is 5.82 Å². The topological polar surface area (TPSA) is 82.4 Å². The predicted octanol–water partition coefficient (Wildman–Crippen LogP) is 3.55. The van der Waals surface area contributed by atoms with Crippen LogP contribution in [0.2, 0.25) is 0 Å². The number of nitrogens with one attached hydrogen (secondary N) is 2. The first-order valence-electron chi connectivity index (χ1n) is 7.91. The summed E-state index contributed by atoms with van der Waals surface area (Å²) in [5, 5.41) is 17.0. The van der Waals surface area contributed by atoms with Gasteiger partial charge in [-0.3, -0.25) is 5.43 Å². The Bertz CT molecular complexity index is 865. The molecule has 3 aromatic rings. The second-order valence-electron chi connectivity index (χ2n) is 5.49. The van der Waals surface area contributed by atoms with Crippen LogP contribution in [0, 0.1) is 6.92 Å². The van der Waals surface area contributed by atoms with Crippen molar-refractivity contribution in [3.05, 3.63) is 77.5 Å². The van der Waals surface area contributed by atoms with Gasteiger partial charge < -0.3 is 10.4 Å². The highest BCUT2D eigenvalue weighted by Crippen LogP contribution is 2.14. The largest absolute Gasteiger partial charge is 0.507 e. The fourth-order valence-corrected chi connectivity index (χ4v) is 2.25. The summed E-state index contributed by atoms with van der Waals surface area (Å²) in [4.78, 5) is 8.77. The SMILES string of the molecule is Cc1cc(N/N=C\c2ccccc2O)nc(NCc2ccccc2)n1. The summed E-state index contributed by atoms with van der Waals surface area (Å²) in [5.41, 5.74) is 5.47. The van der Waals surface area contributed by atoms with Crippen LogP contribution >= 0.6 is 0 Å². The van der Waals surface area contributed by atoms with E-state index in [1.807, 2.05) is 43.3 Å². The molecule has 0 spiro atoms. The number of aromatic hydroxyl groups is 1. The summed E-state index contributed by atoms with van der Waals surface area (Å²) in [6.07, 6.45) is 1.55. The van der Waals surface area contributed by atoms with Crippen LogP contribution in [0.1, 0.15) is 16.8 Å². The third-order valence-corrected chi connectivity index (χ3v) is 3.47. The van der Waals surface area contributed by atoms with Gasteiger partial charge in [-0.25, -0.2) is 4.98 Å². The number of hydrazone groups is 1. The highest BCUT2D eigenvalue weighted by Gasteiger charge is 2.02. The maximum absolute atomic E-state index is 9.72. The normalized spacial score (nSPS) is 10.8. The molecule has 0 saturated carbocycles. The number of hydrogen-bond donors (Lipinski definition) is 3. The van der Waals surface area contributed by atoms with E-state index in [0.717, 1.165) is 11.3 Å². The summed E-state index contributed by atoms with van der Waals surface area (Å²) in [5.74, 6) is 1.29. The van der Waals surface area contributed by atoms with Crippen molar-refractivity contribution >= 4 is 18.0 Å². The number of phenolic OH excluding ortho intramolecular Hbond substituents is 1. The van der Waals surface area contributed by atoms with Crippen molar-refractivity contribution in [1.82, 2.24) is 9.97 Å². The van der Waals surface area contributed by atoms with Gasteiger partial charge in [0.05, 0.1) is 6.21 Å². The maximum atomic E-state index is 9.72. The Labute approximate surface area is 146 Å². The van der Waals surface area contributed by atoms with Crippen LogP contribution < -0.4 is 10.7 Å². The van der Waals surface area contributed by atoms with Crippen LogP contribution in [0.25, 0.3) is 0 Å². The van der Waals surface area contributed by atoms with Crippen LogP contribution in [-0.2, 0) is 6.54 Å². The highest BCUT2D eigenvalue weighted by molar-refractivity contribution is 5.83. The zero-order valence-corrected chi connectivity index (χ0v) is 13.8. The first kappa shape index (κ1) is 16.4. The van der Waals surface area contributed by atoms with E-state index in [4.69, 9.17) is 0 Å². The van der Waals surface area contributed by atoms with Crippen molar-refractivity contribution in [2.45, 2.75) is 13.5 Å². The molecule has 6 nitrogen and oxygen atoms in total. The fourth-order valence-electron chi connectivity index (χ4n) is 2.25. The highest BCUT2D eigenvalue weighted by atomic mass is 16.3. The van der Waals surface area contributed by atoms with Gasteiger partial charge >= 0.3 is 0 Å². The number of rotatable bonds is 6. The van der Waals surface area contributed by atoms with E-state index >= 15 is 0 Å². The van der Waals surface area contributed by atoms with Gasteiger partial charge in [0.1, 0.15) is 5.75 Å². The molecule has 3 N–H and O–H groups in total. The van der Waals surface area contributed by atoms with Crippen LogP contribution in [0.3, 0.4) is 0 Å². The van der Waals surface area contributed by atoms with Crippen LogP contribution in [0.15, 0.2) is 65.8 Å². The number of aromatic nitrogens is 2. The summed E-state index contributed by atoms with van der Waals surface area (Å²) in [6, 6.07) is 18.8. The molecule has 0 bridgehead atoms. The molecule has 0 unspecified atom stereocenters. The number of benzene rings is 2. The zero-order chi connectivity index (χ0) is 17.5. The molecule has 3 rings (SSSR count). The van der Waals surface area contributed by atoms with Crippen molar-refractivity contribution in [1.29, 1.82) is 0 Å². The van der Waals surface area contributed by atoms with Crippen LogP contribution in [0.4, 0.5) is 11.8 Å². The minimum Gasteiger partial charge on any atom is -0.507 e. The first-order chi connectivity index (χ1) is 12.2. The third-order valence-electron chi connectivity index (χ3n) is 3.47. The number of aryl methyl sites for hydroxylation is 1. The lowest BCUT2D eigenvalue weighted by Gasteiger charge is -2.08. The Balaban J connectivity index is 1.66. The van der Waals surface area contributed by atoms with Gasteiger partial charge in [0.25, 0.3) is 0 Å². The first-order valence-corrected chi connectivity index (χ1v) is 7.91. The molecule has 2 aromatic carbocycles. The summed E-state index contributed by atoms with van der Waals surface area (Å²) < 4.78 is 0. The fraction of sp³-hybridized carbons (Fsp3) is 0.105. The molecule has 0 fully saturated rings. The number of phenols is 1. The molecule has 6 heteroatoms. The minimum atomic E-state index is 0.178. The Morgan fingerprint density at radius 1 is 1.04 bits per heavy atom. The lowest BCUT2D eigenvalue weighted by Crippen LogP contribution is -2.06. The second kappa shape index (κ2) is 7.92. The number of nitrogens with zero attached hydrogens (tertiary/aromatic N) is 3. The Morgan fingerprint density at radius 2 is 1.80 bits per heavy atom. The summed E-state index contributed by atoms with van der Waals surface area (Å²) in [6.45, 7) is 2.54. The smallest absolute Gasteiger partial charge is 0.225 e. The van der Waals surface area contributed by atoms with Gasteiger partial charge in [0.2, 0.25) is 5.95 Å². The van der Waals surface area contributed by atoms with Gasteiger partial charge in [0, 0.05) is 23.9 Å². The van der Waals surface area contributed by atoms with Crippen molar-refractivity contribution in [3.63, 3.8) is 0 Å². The molecule has 0 aliphatic carbocycles. The van der Waals surface area contributed by atoms with Crippen molar-refractivity contribution < 1.29 is 5.11 Å². The Hall–Kier alpha value is -3.41. The molecule has 126 valence electrons. The third kappa shape index (κ3) is 4.78. The van der Waals surface area contributed by atoms with Crippen molar-refractivity contribution in [2.24, 2.45) is 5.10 Å². The maximum Gasteiger partial charge on any atom is 0.225 e. The molecule has 0 aliphatic heterocycles. The van der Waals surface area contributed by atoms with Gasteiger partial charge in [-0.15, -0.1) is 0 Å². The minimum absolute atomic E-state index is 0.178. The van der Waals surface area contributed by atoms with Gasteiger partial charge in [-0.05, 0) is 24.6 Å². The van der Waals surface area contributed by atoms with Gasteiger partial charge in [-0.1, -0.05) is 42.5 Å². The number of hydrogen-bond acceptors (Lipinski definition) is 6. The number of anilines is 2. The molecule has 0 radical (unpaired) electrons. The Morgan fingerprint density at radius 3 is 2.60 bits per heavy atom. The van der Waals surface area contributed by atoms with Crippen LogP contribution in [0.5, 0.6) is 5.75 Å². The lowest BCUT2D eigenvalue weighted by atomic mass is 10.2. The van der Waals surface area contributed by atoms with E-state index in [-0.39, 0.29) is 5.75 Å². The average Bonchev–Trinajstić information content (AvgIpc) is 2.62. The van der Waals surface area contributed by atoms with Crippen LogP contribution in [-0.4, -0.2) is 21.3 Å². The molecule has 1 aromatic heterocycles. The zero-order valence-electron chi connectivity index (χ0n) is 13.8. The molecule has 0 saturated heterocycles. The number of para-hydroxylation sites is 1. The van der Waals surface area contributed by atoms with E-state index in [1.54, 1.807) is 30.5 Å². The standard InChI is InChI=1S/C19H19N5O/c1-14-11-18(24-21-13-16-9-5-6-10-17(16)25)23-19(22-14)20-12-15-7-3-2-4-8-15/h2-11,13,25H,12H2,1H3,(H2,20,22,23,24)/b21-13-. The van der Waals surface area contributed by atoms with E-state index in [2.05, 4.69) is 25.8 Å². The quantitative estimate of drug-likeness (QED) is 0.475.